The Balaban J connectivity index is 1.38. The summed E-state index contributed by atoms with van der Waals surface area (Å²) in [4.78, 5) is 22.9. The van der Waals surface area contributed by atoms with Crippen LogP contribution in [-0.4, -0.2) is 21.3 Å². The number of nitro benzene ring substituents is 1. The van der Waals surface area contributed by atoms with Crippen molar-refractivity contribution in [1.29, 1.82) is 0 Å². The van der Waals surface area contributed by atoms with Gasteiger partial charge in [0.05, 0.1) is 10.7 Å². The standard InChI is InChI=1S/C18H22N2O3S/c21-17(19-15-3-1-2-4-16(15)20(22)23)11-24-18-8-12-5-13(9-18)7-14(6-12)10-18/h1-4,12-14H,5-11H2,(H,19,21). The van der Waals surface area contributed by atoms with Gasteiger partial charge in [0.15, 0.2) is 0 Å². The Labute approximate surface area is 145 Å². The number of hydrogen-bond acceptors (Lipinski definition) is 4. The van der Waals surface area contributed by atoms with E-state index in [4.69, 9.17) is 0 Å². The number of carbonyl (C=O) groups excluding carboxylic acids is 1. The second kappa shape index (κ2) is 6.06. The summed E-state index contributed by atoms with van der Waals surface area (Å²) in [5, 5.41) is 13.8. The van der Waals surface area contributed by atoms with Crippen LogP contribution in [0.1, 0.15) is 38.5 Å². The molecule has 5 nitrogen and oxygen atoms in total. The normalized spacial score (nSPS) is 33.4. The molecule has 1 N–H and O–H groups in total. The fourth-order valence-electron chi connectivity index (χ4n) is 5.35. The number of nitro groups is 1. The number of rotatable bonds is 5. The monoisotopic (exact) mass is 346 g/mol. The van der Waals surface area contributed by atoms with Gasteiger partial charge in [0.2, 0.25) is 5.91 Å². The van der Waals surface area contributed by atoms with E-state index < -0.39 is 4.92 Å². The molecule has 0 radical (unpaired) electrons. The van der Waals surface area contributed by atoms with Crippen molar-refractivity contribution in [3.63, 3.8) is 0 Å². The van der Waals surface area contributed by atoms with Crippen LogP contribution in [0, 0.1) is 27.9 Å². The molecular formula is C18H22N2O3S. The first kappa shape index (κ1) is 15.9. The Bertz CT molecular complexity index is 641. The third-order valence-electron chi connectivity index (χ3n) is 5.87. The Kier molecular flexibility index (Phi) is 4.03. The minimum atomic E-state index is -0.457. The highest BCUT2D eigenvalue weighted by Gasteiger charge is 2.51. The van der Waals surface area contributed by atoms with Gasteiger partial charge in [-0.15, -0.1) is 11.8 Å². The van der Waals surface area contributed by atoms with E-state index in [1.165, 1.54) is 44.6 Å². The predicted molar refractivity (Wildman–Crippen MR) is 95.1 cm³/mol. The molecule has 6 heteroatoms. The van der Waals surface area contributed by atoms with Crippen molar-refractivity contribution in [1.82, 2.24) is 0 Å². The molecule has 4 aliphatic rings. The lowest BCUT2D eigenvalue weighted by Gasteiger charge is -2.56. The molecule has 24 heavy (non-hydrogen) atoms. The molecular weight excluding hydrogens is 324 g/mol. The highest BCUT2D eigenvalue weighted by Crippen LogP contribution is 2.60. The molecule has 128 valence electrons. The molecule has 4 bridgehead atoms. The second-order valence-corrected chi connectivity index (χ2v) is 9.16. The Hall–Kier alpha value is -1.56. The minimum Gasteiger partial charge on any atom is -0.320 e. The van der Waals surface area contributed by atoms with Crippen molar-refractivity contribution >= 4 is 29.0 Å². The van der Waals surface area contributed by atoms with E-state index in [0.717, 1.165) is 17.8 Å². The van der Waals surface area contributed by atoms with Gasteiger partial charge in [-0.2, -0.15) is 0 Å². The molecule has 1 aromatic rings. The zero-order valence-electron chi connectivity index (χ0n) is 13.6. The molecule has 0 saturated heterocycles. The van der Waals surface area contributed by atoms with Crippen LogP contribution >= 0.6 is 11.8 Å². The summed E-state index contributed by atoms with van der Waals surface area (Å²) in [7, 11) is 0. The summed E-state index contributed by atoms with van der Waals surface area (Å²) >= 11 is 1.79. The molecule has 0 heterocycles. The van der Waals surface area contributed by atoms with Crippen LogP contribution in [0.4, 0.5) is 11.4 Å². The maximum absolute atomic E-state index is 12.3. The number of anilines is 1. The number of nitrogens with one attached hydrogen (secondary N) is 1. The molecule has 0 aliphatic heterocycles. The van der Waals surface area contributed by atoms with Gasteiger partial charge in [0.1, 0.15) is 5.69 Å². The molecule has 0 aromatic heterocycles. The SMILES string of the molecule is O=C(CSC12CC3CC(CC(C3)C1)C2)Nc1ccccc1[N+](=O)[O-]. The van der Waals surface area contributed by atoms with E-state index in [-0.39, 0.29) is 16.3 Å². The molecule has 4 fully saturated rings. The third kappa shape index (κ3) is 3.04. The molecule has 4 aliphatic carbocycles. The maximum atomic E-state index is 12.3. The van der Waals surface area contributed by atoms with Gasteiger partial charge in [-0.3, -0.25) is 14.9 Å². The fraction of sp³-hybridized carbons (Fsp3) is 0.611. The largest absolute Gasteiger partial charge is 0.320 e. The van der Waals surface area contributed by atoms with Crippen molar-refractivity contribution < 1.29 is 9.72 Å². The first-order chi connectivity index (χ1) is 11.5. The Morgan fingerprint density at radius 1 is 1.17 bits per heavy atom. The number of thioether (sulfide) groups is 1. The van der Waals surface area contributed by atoms with E-state index in [1.807, 2.05) is 0 Å². The lowest BCUT2D eigenvalue weighted by atomic mass is 9.56. The first-order valence-electron chi connectivity index (χ1n) is 8.70. The number of amides is 1. The quantitative estimate of drug-likeness (QED) is 0.639. The van der Waals surface area contributed by atoms with Gasteiger partial charge >= 0.3 is 0 Å². The first-order valence-corrected chi connectivity index (χ1v) is 9.69. The van der Waals surface area contributed by atoms with Crippen molar-refractivity contribution in [3.8, 4) is 0 Å². The van der Waals surface area contributed by atoms with E-state index in [1.54, 1.807) is 30.0 Å². The van der Waals surface area contributed by atoms with Crippen LogP contribution in [0.25, 0.3) is 0 Å². The van der Waals surface area contributed by atoms with Crippen molar-refractivity contribution in [3.05, 3.63) is 34.4 Å². The topological polar surface area (TPSA) is 72.2 Å². The van der Waals surface area contributed by atoms with Crippen LogP contribution in [0.2, 0.25) is 0 Å². The van der Waals surface area contributed by atoms with Crippen LogP contribution in [0.5, 0.6) is 0 Å². The molecule has 0 spiro atoms. The van der Waals surface area contributed by atoms with Crippen LogP contribution < -0.4 is 5.32 Å². The van der Waals surface area contributed by atoms with Crippen LogP contribution in [0.3, 0.4) is 0 Å². The van der Waals surface area contributed by atoms with Crippen molar-refractivity contribution in [2.45, 2.75) is 43.3 Å². The number of benzene rings is 1. The second-order valence-electron chi connectivity index (χ2n) is 7.71. The van der Waals surface area contributed by atoms with E-state index >= 15 is 0 Å². The maximum Gasteiger partial charge on any atom is 0.292 e. The summed E-state index contributed by atoms with van der Waals surface area (Å²) in [6.45, 7) is 0. The number of nitrogens with zero attached hydrogens (tertiary/aromatic N) is 1. The Morgan fingerprint density at radius 2 is 1.75 bits per heavy atom. The van der Waals surface area contributed by atoms with Gasteiger partial charge in [0.25, 0.3) is 5.69 Å². The summed E-state index contributed by atoms with van der Waals surface area (Å²) in [6, 6.07) is 6.32. The zero-order valence-corrected chi connectivity index (χ0v) is 14.4. The lowest BCUT2D eigenvalue weighted by Crippen LogP contribution is -2.49. The number of para-hydroxylation sites is 2. The van der Waals surface area contributed by atoms with Gasteiger partial charge in [-0.25, -0.2) is 0 Å². The van der Waals surface area contributed by atoms with E-state index in [9.17, 15) is 14.9 Å². The smallest absolute Gasteiger partial charge is 0.292 e. The molecule has 1 amide bonds. The average Bonchev–Trinajstić information content (AvgIpc) is 2.52. The zero-order chi connectivity index (χ0) is 16.7. The molecule has 4 saturated carbocycles. The third-order valence-corrected chi connectivity index (χ3v) is 7.39. The predicted octanol–water partition coefficient (Wildman–Crippen LogP) is 4.24. The summed E-state index contributed by atoms with van der Waals surface area (Å²) in [5.41, 5.74) is 0.240. The average molecular weight is 346 g/mol. The van der Waals surface area contributed by atoms with Crippen molar-refractivity contribution in [2.75, 3.05) is 11.1 Å². The van der Waals surface area contributed by atoms with Crippen LogP contribution in [0.15, 0.2) is 24.3 Å². The summed E-state index contributed by atoms with van der Waals surface area (Å²) < 4.78 is 0.286. The van der Waals surface area contributed by atoms with Gasteiger partial charge in [0, 0.05) is 10.8 Å². The summed E-state index contributed by atoms with van der Waals surface area (Å²) in [5.74, 6) is 2.84. The molecule has 0 atom stereocenters. The van der Waals surface area contributed by atoms with Gasteiger partial charge in [-0.05, 0) is 62.3 Å². The Morgan fingerprint density at radius 3 is 2.33 bits per heavy atom. The van der Waals surface area contributed by atoms with Gasteiger partial charge in [-0.1, -0.05) is 12.1 Å². The van der Waals surface area contributed by atoms with E-state index in [0.29, 0.717) is 11.4 Å². The molecule has 1 aromatic carbocycles. The van der Waals surface area contributed by atoms with Crippen LogP contribution in [-0.2, 0) is 4.79 Å². The highest BCUT2D eigenvalue weighted by atomic mass is 32.2. The summed E-state index contributed by atoms with van der Waals surface area (Å²) in [6.07, 6.45) is 7.93. The molecule has 0 unspecified atom stereocenters. The highest BCUT2D eigenvalue weighted by molar-refractivity contribution is 8.01. The number of carbonyl (C=O) groups is 1. The molecule has 5 rings (SSSR count). The lowest BCUT2D eigenvalue weighted by molar-refractivity contribution is -0.383. The van der Waals surface area contributed by atoms with Crippen molar-refractivity contribution in [2.24, 2.45) is 17.8 Å². The van der Waals surface area contributed by atoms with E-state index in [2.05, 4.69) is 5.32 Å². The van der Waals surface area contributed by atoms with Gasteiger partial charge < -0.3 is 5.32 Å². The number of hydrogen-bond donors (Lipinski definition) is 1. The minimum absolute atomic E-state index is 0.0503. The fourth-order valence-corrected chi connectivity index (χ4v) is 6.92.